The normalized spacial score (nSPS) is 20.5. The predicted molar refractivity (Wildman–Crippen MR) is 247 cm³/mol. The summed E-state index contributed by atoms with van der Waals surface area (Å²) in [7, 11) is 7.54. The van der Waals surface area contributed by atoms with Gasteiger partial charge in [-0.3, -0.25) is 5.43 Å². The lowest BCUT2D eigenvalue weighted by Crippen LogP contribution is -2.44. The molecule has 3 aliphatic heterocycles. The SMILES string of the molecule is CC1(CCSc2ccccc2)NN=C(c2cc(F)ccc2F)S1.CCC.CN(C)C(=O)N1N=C(c2cc(F)ccc2F)SC12CCc1ccccc12.CNC1CCN(C)CC1. The van der Waals surface area contributed by atoms with Crippen LogP contribution in [0.5, 0.6) is 0 Å². The molecule has 1 saturated heterocycles. The van der Waals surface area contributed by atoms with Crippen molar-refractivity contribution in [2.24, 2.45) is 10.2 Å². The molecule has 4 aromatic rings. The number of nitrogens with one attached hydrogen (secondary N) is 2. The Hall–Kier alpha value is -4.02. The number of hydrogen-bond donors (Lipinski definition) is 2. The van der Waals surface area contributed by atoms with Crippen molar-refractivity contribution in [2.75, 3.05) is 47.0 Å². The van der Waals surface area contributed by atoms with Crippen molar-refractivity contribution < 1.29 is 22.4 Å². The molecule has 2 unspecified atom stereocenters. The Morgan fingerprint density at radius 2 is 1.48 bits per heavy atom. The molecule has 328 valence electrons. The highest BCUT2D eigenvalue weighted by Gasteiger charge is 2.52. The van der Waals surface area contributed by atoms with Gasteiger partial charge in [-0.15, -0.1) is 11.8 Å². The van der Waals surface area contributed by atoms with Crippen molar-refractivity contribution in [1.82, 2.24) is 25.6 Å². The van der Waals surface area contributed by atoms with Crippen LogP contribution < -0.4 is 10.7 Å². The number of thioether (sulfide) groups is 3. The number of piperidine rings is 1. The Bertz CT molecular complexity index is 2140. The Balaban J connectivity index is 0.000000184. The smallest absolute Gasteiger partial charge is 0.329 e. The number of likely N-dealkylation sites (tertiary alicyclic amines) is 1. The van der Waals surface area contributed by atoms with Crippen LogP contribution in [0.2, 0.25) is 0 Å². The van der Waals surface area contributed by atoms with Gasteiger partial charge >= 0.3 is 6.03 Å². The molecule has 4 aliphatic rings. The summed E-state index contributed by atoms with van der Waals surface area (Å²) in [5, 5.41) is 14.2. The van der Waals surface area contributed by atoms with Crippen molar-refractivity contribution >= 4 is 51.4 Å². The first-order valence-corrected chi connectivity index (χ1v) is 23.2. The molecule has 3 heterocycles. The van der Waals surface area contributed by atoms with Gasteiger partial charge < -0.3 is 15.1 Å². The van der Waals surface area contributed by atoms with Crippen molar-refractivity contribution in [1.29, 1.82) is 0 Å². The number of carbonyl (C=O) groups excluding carboxylic acids is 1. The van der Waals surface area contributed by atoms with Gasteiger partial charge in [0.05, 0.1) is 0 Å². The minimum absolute atomic E-state index is 0.0767. The number of hydrazone groups is 2. The van der Waals surface area contributed by atoms with E-state index >= 15 is 0 Å². The topological polar surface area (TPSA) is 75.6 Å². The van der Waals surface area contributed by atoms with Crippen molar-refractivity contribution in [2.45, 2.75) is 80.0 Å². The van der Waals surface area contributed by atoms with Crippen LogP contribution in [0, 0.1) is 23.3 Å². The number of amides is 2. The second-order valence-electron chi connectivity index (χ2n) is 15.5. The standard InChI is InChI=1S/C19H17F2N3OS.C17H16F2N2S2.C7H16N2.C3H8/c1-23(2)18(25)24-19(10-9-12-5-3-4-6-15(12)19)26-17(22-24)14-11-13(20)7-8-16(14)21;1-17(9-10-22-13-5-3-2-4-6-13)21-20-16(23-17)14-11-12(18)7-8-15(14)19;1-8-7-3-5-9(2)6-4-7;1-3-2/h3-8,11H,9-10H2,1-2H3;2-8,11,21H,9-10H2,1H3;7-8H,3-6H2,1-2H3;3H2,1-2H3. The Morgan fingerprint density at radius 1 is 0.885 bits per heavy atom. The number of fused-ring (bicyclic) bond motifs is 2. The lowest BCUT2D eigenvalue weighted by Gasteiger charge is -2.33. The van der Waals surface area contributed by atoms with Crippen LogP contribution in [0.4, 0.5) is 22.4 Å². The molecule has 0 saturated carbocycles. The molecule has 2 N–H and O–H groups in total. The van der Waals surface area contributed by atoms with Crippen molar-refractivity contribution in [3.05, 3.63) is 137 Å². The molecule has 61 heavy (non-hydrogen) atoms. The average molecular weight is 896 g/mol. The number of rotatable bonds is 7. The first-order valence-electron chi connectivity index (χ1n) is 20.6. The van der Waals surface area contributed by atoms with Gasteiger partial charge in [-0.2, -0.15) is 15.2 Å². The average Bonchev–Trinajstić information content (AvgIpc) is 3.96. The summed E-state index contributed by atoms with van der Waals surface area (Å²) in [6, 6.07) is 25.3. The quantitative estimate of drug-likeness (QED) is 0.141. The van der Waals surface area contributed by atoms with Gasteiger partial charge in [0.25, 0.3) is 0 Å². The van der Waals surface area contributed by atoms with Gasteiger partial charge in [-0.25, -0.2) is 22.4 Å². The molecular weight excluding hydrogens is 839 g/mol. The Morgan fingerprint density at radius 3 is 2.08 bits per heavy atom. The maximum absolute atomic E-state index is 14.3. The minimum atomic E-state index is -0.730. The van der Waals surface area contributed by atoms with E-state index in [2.05, 4.69) is 65.9 Å². The Labute approximate surface area is 371 Å². The van der Waals surface area contributed by atoms with Gasteiger partial charge in [0.1, 0.15) is 43.1 Å². The summed E-state index contributed by atoms with van der Waals surface area (Å²) in [4.78, 5) is 16.8. The number of benzene rings is 4. The number of carbonyl (C=O) groups is 1. The number of urea groups is 1. The summed E-state index contributed by atoms with van der Waals surface area (Å²) in [5.41, 5.74) is 5.49. The number of aryl methyl sites for hydroxylation is 1. The van der Waals surface area contributed by atoms with Gasteiger partial charge in [0.2, 0.25) is 0 Å². The summed E-state index contributed by atoms with van der Waals surface area (Å²) in [5.74, 6) is -1.10. The molecule has 0 bridgehead atoms. The van der Waals surface area contributed by atoms with E-state index in [0.29, 0.717) is 16.5 Å². The van der Waals surface area contributed by atoms with Crippen LogP contribution in [0.1, 0.15) is 75.1 Å². The van der Waals surface area contributed by atoms with E-state index in [0.717, 1.165) is 66.1 Å². The van der Waals surface area contributed by atoms with Crippen LogP contribution in [0.25, 0.3) is 0 Å². The van der Waals surface area contributed by atoms with Gasteiger partial charge in [-0.05, 0) is 126 Å². The third-order valence-electron chi connectivity index (χ3n) is 10.3. The summed E-state index contributed by atoms with van der Waals surface area (Å²) in [6.07, 6.45) is 6.19. The number of halogens is 4. The molecular formula is C46H57F4N7OS3. The first-order chi connectivity index (χ1) is 29.2. The molecule has 8 rings (SSSR count). The lowest BCUT2D eigenvalue weighted by molar-refractivity contribution is 0.143. The molecule has 2 atom stereocenters. The van der Waals surface area contributed by atoms with E-state index in [1.54, 1.807) is 25.9 Å². The molecule has 0 aromatic heterocycles. The van der Waals surface area contributed by atoms with Gasteiger partial charge in [0.15, 0.2) is 0 Å². The van der Waals surface area contributed by atoms with E-state index in [-0.39, 0.29) is 22.0 Å². The monoisotopic (exact) mass is 895 g/mol. The van der Waals surface area contributed by atoms with Crippen LogP contribution in [-0.4, -0.2) is 88.9 Å². The van der Waals surface area contributed by atoms with Crippen LogP contribution in [-0.2, 0) is 11.3 Å². The van der Waals surface area contributed by atoms with Gasteiger partial charge in [0, 0.05) is 41.9 Å². The highest BCUT2D eigenvalue weighted by molar-refractivity contribution is 8.16. The summed E-state index contributed by atoms with van der Waals surface area (Å²) >= 11 is 4.53. The lowest BCUT2D eigenvalue weighted by atomic mass is 10.1. The maximum Gasteiger partial charge on any atom is 0.341 e. The van der Waals surface area contributed by atoms with E-state index in [9.17, 15) is 22.4 Å². The molecule has 2 amide bonds. The highest BCUT2D eigenvalue weighted by Crippen LogP contribution is 2.55. The molecule has 0 radical (unpaired) electrons. The fourth-order valence-corrected chi connectivity index (χ4v) is 10.7. The molecule has 1 spiro atoms. The molecule has 1 fully saturated rings. The summed E-state index contributed by atoms with van der Waals surface area (Å²) in [6.45, 7) is 8.79. The third-order valence-corrected chi connectivity index (χ3v) is 14.0. The second kappa shape index (κ2) is 22.4. The highest BCUT2D eigenvalue weighted by atomic mass is 32.2. The Kier molecular flexibility index (Phi) is 17.6. The van der Waals surface area contributed by atoms with E-state index in [1.807, 2.05) is 49.4 Å². The number of hydrogen-bond acceptors (Lipinski definition) is 9. The van der Waals surface area contributed by atoms with Crippen molar-refractivity contribution in [3.63, 3.8) is 0 Å². The minimum Gasteiger partial charge on any atom is -0.329 e. The molecule has 1 aliphatic carbocycles. The van der Waals surface area contributed by atoms with E-state index in [4.69, 9.17) is 0 Å². The van der Waals surface area contributed by atoms with Crippen LogP contribution in [0.15, 0.2) is 106 Å². The fraction of sp³-hybridized carbons (Fsp3) is 0.413. The maximum atomic E-state index is 14.3. The van der Waals surface area contributed by atoms with Crippen LogP contribution in [0.3, 0.4) is 0 Å². The van der Waals surface area contributed by atoms with Gasteiger partial charge in [-0.1, -0.05) is 86.3 Å². The van der Waals surface area contributed by atoms with Crippen LogP contribution >= 0.6 is 35.3 Å². The fourth-order valence-electron chi connectivity index (χ4n) is 6.93. The van der Waals surface area contributed by atoms with Crippen molar-refractivity contribution in [3.8, 4) is 0 Å². The molecule has 8 nitrogen and oxygen atoms in total. The van der Waals surface area contributed by atoms with E-state index in [1.165, 1.54) is 76.7 Å². The number of nitrogens with zero attached hydrogens (tertiary/aromatic N) is 5. The zero-order valence-corrected chi connectivity index (χ0v) is 38.4. The largest absolute Gasteiger partial charge is 0.341 e. The summed E-state index contributed by atoms with van der Waals surface area (Å²) < 4.78 is 55.2. The molecule has 4 aromatic carbocycles. The second-order valence-corrected chi connectivity index (χ2v) is 19.5. The zero-order valence-electron chi connectivity index (χ0n) is 36.0. The first kappa shape index (κ1) is 48.0. The molecule has 15 heteroatoms. The van der Waals surface area contributed by atoms with E-state index < -0.39 is 28.1 Å². The zero-order chi connectivity index (χ0) is 44.2. The predicted octanol–water partition coefficient (Wildman–Crippen LogP) is 10.7. The third kappa shape index (κ3) is 12.6.